The molecule has 0 spiro atoms. The van der Waals surface area contributed by atoms with E-state index in [1.165, 1.54) is 0 Å². The third-order valence-electron chi connectivity index (χ3n) is 9.64. The fourth-order valence-electron chi connectivity index (χ4n) is 7.76. The molecule has 0 amide bonds. The second kappa shape index (κ2) is 14.1. The summed E-state index contributed by atoms with van der Waals surface area (Å²) in [6.07, 6.45) is 6.97. The zero-order valence-corrected chi connectivity index (χ0v) is 32.1. The predicted octanol–water partition coefficient (Wildman–Crippen LogP) is 10.8. The molecule has 5 heterocycles. The molecule has 0 fully saturated rings. The molecule has 0 saturated heterocycles. The average Bonchev–Trinajstić information content (AvgIpc) is 3.83. The van der Waals surface area contributed by atoms with Crippen LogP contribution in [0.4, 0.5) is 11.4 Å². The van der Waals surface area contributed by atoms with E-state index >= 15 is 0 Å². The molecule has 5 rings (SSSR count). The van der Waals surface area contributed by atoms with E-state index in [1.54, 1.807) is 12.2 Å². The Morgan fingerprint density at radius 2 is 0.896 bits per heavy atom. The van der Waals surface area contributed by atoms with Crippen LogP contribution in [0.15, 0.2) is 8.95 Å². The fraction of sp³-hybridized carbons (Fsp3) is 0.444. The van der Waals surface area contributed by atoms with Crippen LogP contribution < -0.4 is 0 Å². The summed E-state index contributed by atoms with van der Waals surface area (Å²) in [5.41, 5.74) is 10.1. The van der Waals surface area contributed by atoms with Gasteiger partial charge in [-0.15, -0.1) is 0 Å². The topological polar surface area (TPSA) is 122 Å². The number of fused-ring (bicyclic) bond motifs is 8. The van der Waals surface area contributed by atoms with Crippen molar-refractivity contribution in [2.24, 2.45) is 0 Å². The van der Waals surface area contributed by atoms with Crippen molar-refractivity contribution in [2.45, 2.75) is 107 Å². The highest BCUT2D eigenvalue weighted by atomic mass is 79.9. The van der Waals surface area contributed by atoms with Crippen LogP contribution in [-0.2, 0) is 38.8 Å². The van der Waals surface area contributed by atoms with Crippen LogP contribution >= 0.6 is 31.9 Å². The molecule has 0 unspecified atom stereocenters. The van der Waals surface area contributed by atoms with Crippen LogP contribution in [0.1, 0.15) is 113 Å². The second-order valence-electron chi connectivity index (χ2n) is 11.7. The fourth-order valence-corrected chi connectivity index (χ4v) is 9.32. The third-order valence-corrected chi connectivity index (χ3v) is 11.1. The van der Waals surface area contributed by atoms with E-state index in [2.05, 4.69) is 59.6 Å². The number of halogens is 2. The van der Waals surface area contributed by atoms with Gasteiger partial charge in [0.1, 0.15) is 22.4 Å². The Kier molecular flexibility index (Phi) is 10.5. The van der Waals surface area contributed by atoms with E-state index < -0.39 is 9.85 Å². The van der Waals surface area contributed by atoms with Gasteiger partial charge in [0.15, 0.2) is 0 Å². The van der Waals surface area contributed by atoms with Crippen LogP contribution in [-0.4, -0.2) is 28.9 Å². The summed E-state index contributed by atoms with van der Waals surface area (Å²) in [4.78, 5) is 35.4. The molecule has 3 aromatic heterocycles. The quantitative estimate of drug-likeness (QED) is 0.117. The average molecular weight is 783 g/mol. The van der Waals surface area contributed by atoms with Crippen LogP contribution in [0, 0.1) is 20.2 Å². The number of aryl methyl sites for hydroxylation is 6. The molecule has 48 heavy (non-hydrogen) atoms. The van der Waals surface area contributed by atoms with Crippen molar-refractivity contribution in [3.8, 4) is 0 Å². The molecule has 2 aliphatic heterocycles. The number of hydrogen-bond donors (Lipinski definition) is 0. The monoisotopic (exact) mass is 780 g/mol. The lowest BCUT2D eigenvalue weighted by atomic mass is 9.99. The van der Waals surface area contributed by atoms with Gasteiger partial charge in [0.25, 0.3) is 0 Å². The summed E-state index contributed by atoms with van der Waals surface area (Å²) in [5.74, 6) is 0. The molecule has 10 nitrogen and oxygen atoms in total. The first-order chi connectivity index (χ1) is 23.0. The van der Waals surface area contributed by atoms with Crippen molar-refractivity contribution in [3.63, 3.8) is 0 Å². The number of allylic oxidation sites excluding steroid dienone is 2. The van der Waals surface area contributed by atoms with Gasteiger partial charge in [0.2, 0.25) is 0 Å². The number of nitro groups is 2. The predicted molar refractivity (Wildman–Crippen MR) is 202 cm³/mol. The Bertz CT molecular complexity index is 1960. The number of aromatic nitrogens is 4. The number of rotatable bonds is 10. The zero-order chi connectivity index (χ0) is 35.2. The number of nitrogens with zero attached hydrogens (tertiary/aromatic N) is 6. The molecule has 0 saturated carbocycles. The van der Waals surface area contributed by atoms with Crippen molar-refractivity contribution in [3.05, 3.63) is 74.2 Å². The summed E-state index contributed by atoms with van der Waals surface area (Å²) in [7, 11) is 0. The zero-order valence-electron chi connectivity index (χ0n) is 28.9. The highest BCUT2D eigenvalue weighted by Gasteiger charge is 2.33. The summed E-state index contributed by atoms with van der Waals surface area (Å²) >= 11 is 8.02. The summed E-state index contributed by atoms with van der Waals surface area (Å²) in [6.45, 7) is 17.3. The van der Waals surface area contributed by atoms with Gasteiger partial charge in [0.05, 0.1) is 41.2 Å². The van der Waals surface area contributed by atoms with E-state index in [0.29, 0.717) is 49.8 Å². The van der Waals surface area contributed by atoms with Gasteiger partial charge in [-0.2, -0.15) is 0 Å². The first kappa shape index (κ1) is 35.7. The van der Waals surface area contributed by atoms with Crippen LogP contribution in [0.25, 0.3) is 45.4 Å². The highest BCUT2D eigenvalue weighted by Crippen LogP contribution is 2.46. The maximum Gasteiger partial charge on any atom is 0.318 e. The highest BCUT2D eigenvalue weighted by molar-refractivity contribution is 9.11. The van der Waals surface area contributed by atoms with Crippen molar-refractivity contribution in [2.75, 3.05) is 0 Å². The smallest absolute Gasteiger partial charge is 0.318 e. The van der Waals surface area contributed by atoms with Crippen molar-refractivity contribution < 1.29 is 9.85 Å². The summed E-state index contributed by atoms with van der Waals surface area (Å²) < 4.78 is 5.58. The largest absolute Gasteiger partial charge is 0.335 e. The Morgan fingerprint density at radius 3 is 1.17 bits per heavy atom. The molecule has 8 bridgehead atoms. The Labute approximate surface area is 297 Å². The van der Waals surface area contributed by atoms with Gasteiger partial charge in [-0.3, -0.25) is 20.2 Å². The van der Waals surface area contributed by atoms with Crippen LogP contribution in [0.3, 0.4) is 0 Å². The molecular formula is C36H42Br2N6O4. The van der Waals surface area contributed by atoms with Crippen molar-refractivity contribution >= 4 is 88.6 Å². The lowest BCUT2D eigenvalue weighted by Crippen LogP contribution is -2.02. The van der Waals surface area contributed by atoms with Crippen molar-refractivity contribution in [1.82, 2.24) is 19.1 Å². The molecule has 0 aromatic carbocycles. The molecule has 0 N–H and O–H groups in total. The first-order valence-electron chi connectivity index (χ1n) is 16.9. The molecular weight excluding hydrogens is 740 g/mol. The number of hydrogen-bond acceptors (Lipinski definition) is 6. The Morgan fingerprint density at radius 1 is 0.562 bits per heavy atom. The Balaban J connectivity index is 2.32. The van der Waals surface area contributed by atoms with E-state index in [9.17, 15) is 20.2 Å². The second-order valence-corrected chi connectivity index (χ2v) is 13.3. The minimum Gasteiger partial charge on any atom is -0.335 e. The van der Waals surface area contributed by atoms with Crippen molar-refractivity contribution in [1.29, 1.82) is 0 Å². The van der Waals surface area contributed by atoms with E-state index in [-0.39, 0.29) is 22.8 Å². The minimum atomic E-state index is -0.393. The van der Waals surface area contributed by atoms with Gasteiger partial charge in [-0.05, 0) is 130 Å². The van der Waals surface area contributed by atoms with Gasteiger partial charge in [-0.1, -0.05) is 41.5 Å². The lowest BCUT2D eigenvalue weighted by Gasteiger charge is -2.09. The first-order valence-corrected chi connectivity index (χ1v) is 18.5. The third kappa shape index (κ3) is 5.26. The normalized spacial score (nSPS) is 12.8. The van der Waals surface area contributed by atoms with Gasteiger partial charge >= 0.3 is 11.4 Å². The standard InChI is InChI=1S/C36H42Br2N6O4/c1-9-19-20(10-2)30-28(38)32-22(12-4)24(14-6)34(42(32)16-8)36(44(47)48)26-18-17-25(39-26)35(43(45)46)33-23(13-5)21(11-3)31(41(33)15-7)27(37)29(19)40-30/h17-18H,9-16H2,1-8H3. The van der Waals surface area contributed by atoms with Gasteiger partial charge in [-0.25, -0.2) is 9.97 Å². The van der Waals surface area contributed by atoms with E-state index in [0.717, 1.165) is 77.6 Å². The minimum absolute atomic E-state index is 0.0984. The molecule has 3 aromatic rings. The maximum atomic E-state index is 13.1. The summed E-state index contributed by atoms with van der Waals surface area (Å²) in [6, 6.07) is 0. The van der Waals surface area contributed by atoms with Gasteiger partial charge < -0.3 is 9.13 Å². The SMILES string of the molecule is CCC1=C(CC)c2nc1c(Br)c1c(CC)c(CC)c(c([N+](=O)[O-])c3nc(c([N+](=O)[O-])c4c(CC)c(CC)c(c2Br)n4CC)C=C3)n1CC. The van der Waals surface area contributed by atoms with E-state index in [4.69, 9.17) is 9.97 Å². The van der Waals surface area contributed by atoms with Gasteiger partial charge in [0, 0.05) is 13.1 Å². The molecule has 0 atom stereocenters. The maximum absolute atomic E-state index is 13.1. The summed E-state index contributed by atoms with van der Waals surface area (Å²) in [5, 5.41) is 26.1. The molecule has 12 heteroatoms. The molecule has 2 aliphatic rings. The van der Waals surface area contributed by atoms with E-state index in [1.807, 2.05) is 36.8 Å². The van der Waals surface area contributed by atoms with Crippen LogP contribution in [0.2, 0.25) is 0 Å². The lowest BCUT2D eigenvalue weighted by molar-refractivity contribution is -0.384. The molecule has 0 radical (unpaired) electrons. The Hall–Kier alpha value is -3.64. The molecule has 254 valence electrons. The van der Waals surface area contributed by atoms with Crippen LogP contribution in [0.5, 0.6) is 0 Å². The molecule has 0 aliphatic carbocycles.